The normalized spacial score (nSPS) is 23.0. The van der Waals surface area contributed by atoms with Gasteiger partial charge in [0.15, 0.2) is 0 Å². The molecule has 2 aliphatic rings. The van der Waals surface area contributed by atoms with Crippen LogP contribution in [0.15, 0.2) is 24.3 Å². The van der Waals surface area contributed by atoms with E-state index in [0.29, 0.717) is 30.3 Å². The highest BCUT2D eigenvalue weighted by Gasteiger charge is 2.33. The first kappa shape index (κ1) is 18.5. The van der Waals surface area contributed by atoms with Crippen LogP contribution in [-0.2, 0) is 16.0 Å². The SMILES string of the molecule is O=C(CCc1ccc(Cl)cc1)NCC1CNC(C(=O)N2CCSC2)C1. The number of amides is 2. The first-order valence-corrected chi connectivity index (χ1v) is 10.3. The Labute approximate surface area is 157 Å². The largest absolute Gasteiger partial charge is 0.356 e. The van der Waals surface area contributed by atoms with Gasteiger partial charge in [-0.3, -0.25) is 9.59 Å². The van der Waals surface area contributed by atoms with Crippen molar-refractivity contribution in [1.29, 1.82) is 0 Å². The molecule has 0 spiro atoms. The van der Waals surface area contributed by atoms with Crippen LogP contribution in [0.3, 0.4) is 0 Å². The van der Waals surface area contributed by atoms with E-state index in [2.05, 4.69) is 10.6 Å². The summed E-state index contributed by atoms with van der Waals surface area (Å²) in [5.41, 5.74) is 1.11. The molecule has 1 aromatic rings. The fourth-order valence-corrected chi connectivity index (χ4v) is 4.30. The van der Waals surface area contributed by atoms with E-state index < -0.39 is 0 Å². The molecular weight excluding hydrogens is 358 g/mol. The Bertz CT molecular complexity index is 605. The minimum atomic E-state index is -0.0883. The smallest absolute Gasteiger partial charge is 0.240 e. The number of nitrogens with one attached hydrogen (secondary N) is 2. The third-order valence-corrected chi connectivity index (χ3v) is 5.94. The summed E-state index contributed by atoms with van der Waals surface area (Å²) in [6, 6.07) is 7.49. The summed E-state index contributed by atoms with van der Waals surface area (Å²) in [6.07, 6.45) is 1.98. The molecule has 7 heteroatoms. The second-order valence-electron chi connectivity index (χ2n) is 6.63. The highest BCUT2D eigenvalue weighted by atomic mass is 35.5. The fraction of sp³-hybridized carbons (Fsp3) is 0.556. The Kier molecular flexibility index (Phi) is 6.62. The molecule has 0 saturated carbocycles. The van der Waals surface area contributed by atoms with Crippen molar-refractivity contribution in [1.82, 2.24) is 15.5 Å². The van der Waals surface area contributed by atoms with Crippen molar-refractivity contribution < 1.29 is 9.59 Å². The zero-order valence-electron chi connectivity index (χ0n) is 14.2. The number of carbonyl (C=O) groups is 2. The first-order valence-electron chi connectivity index (χ1n) is 8.73. The van der Waals surface area contributed by atoms with Crippen LogP contribution in [0.2, 0.25) is 5.02 Å². The molecule has 0 radical (unpaired) electrons. The molecule has 25 heavy (non-hydrogen) atoms. The second kappa shape index (κ2) is 8.92. The lowest BCUT2D eigenvalue weighted by molar-refractivity contribution is -0.131. The van der Waals surface area contributed by atoms with Gasteiger partial charge in [-0.1, -0.05) is 23.7 Å². The quantitative estimate of drug-likeness (QED) is 0.790. The standard InChI is InChI=1S/C18H24ClN3O2S/c19-15-4-1-13(2-5-15)3-6-17(23)21-11-14-9-16(20-10-14)18(24)22-7-8-25-12-22/h1-2,4-5,14,16,20H,3,6-12H2,(H,21,23). The Hall–Kier alpha value is -1.24. The monoisotopic (exact) mass is 381 g/mol. The molecule has 3 rings (SSSR count). The summed E-state index contributed by atoms with van der Waals surface area (Å²) in [5, 5.41) is 7.01. The predicted molar refractivity (Wildman–Crippen MR) is 102 cm³/mol. The summed E-state index contributed by atoms with van der Waals surface area (Å²) < 4.78 is 0. The van der Waals surface area contributed by atoms with Crippen LogP contribution >= 0.6 is 23.4 Å². The summed E-state index contributed by atoms with van der Waals surface area (Å²) in [4.78, 5) is 26.3. The number of rotatable bonds is 6. The van der Waals surface area contributed by atoms with Gasteiger partial charge < -0.3 is 15.5 Å². The number of benzene rings is 1. The van der Waals surface area contributed by atoms with Crippen LogP contribution in [0.25, 0.3) is 0 Å². The maximum Gasteiger partial charge on any atom is 0.240 e. The molecule has 0 aliphatic carbocycles. The minimum Gasteiger partial charge on any atom is -0.356 e. The van der Waals surface area contributed by atoms with Gasteiger partial charge >= 0.3 is 0 Å². The number of nitrogens with zero attached hydrogens (tertiary/aromatic N) is 1. The van der Waals surface area contributed by atoms with Crippen LogP contribution < -0.4 is 10.6 Å². The lowest BCUT2D eigenvalue weighted by Gasteiger charge is -2.19. The molecule has 2 heterocycles. The van der Waals surface area contributed by atoms with Gasteiger partial charge in [0.25, 0.3) is 0 Å². The first-order chi connectivity index (χ1) is 12.1. The molecule has 2 amide bonds. The molecule has 2 atom stereocenters. The van der Waals surface area contributed by atoms with E-state index in [0.717, 1.165) is 36.7 Å². The topological polar surface area (TPSA) is 61.4 Å². The van der Waals surface area contributed by atoms with Crippen LogP contribution in [-0.4, -0.2) is 54.0 Å². The molecule has 2 aliphatic heterocycles. The summed E-state index contributed by atoms with van der Waals surface area (Å²) >= 11 is 7.66. The molecule has 0 bridgehead atoms. The molecule has 0 aromatic heterocycles. The predicted octanol–water partition coefficient (Wildman–Crippen LogP) is 1.90. The van der Waals surface area contributed by atoms with Crippen molar-refractivity contribution in [3.05, 3.63) is 34.9 Å². The Morgan fingerprint density at radius 3 is 2.84 bits per heavy atom. The maximum absolute atomic E-state index is 12.4. The van der Waals surface area contributed by atoms with Gasteiger partial charge in [0, 0.05) is 36.8 Å². The summed E-state index contributed by atoms with van der Waals surface area (Å²) in [6.45, 7) is 2.27. The van der Waals surface area contributed by atoms with Gasteiger partial charge in [0.05, 0.1) is 11.9 Å². The number of hydrogen-bond donors (Lipinski definition) is 2. The molecule has 2 N–H and O–H groups in total. The van der Waals surface area contributed by atoms with Crippen molar-refractivity contribution in [2.24, 2.45) is 5.92 Å². The lowest BCUT2D eigenvalue weighted by Crippen LogP contribution is -2.42. The number of thioether (sulfide) groups is 1. The van der Waals surface area contributed by atoms with Crippen molar-refractivity contribution in [2.45, 2.75) is 25.3 Å². The zero-order valence-corrected chi connectivity index (χ0v) is 15.7. The van der Waals surface area contributed by atoms with Crippen LogP contribution in [0, 0.1) is 5.92 Å². The van der Waals surface area contributed by atoms with E-state index >= 15 is 0 Å². The average Bonchev–Trinajstić information content (AvgIpc) is 3.30. The zero-order chi connectivity index (χ0) is 17.6. The Morgan fingerprint density at radius 1 is 1.32 bits per heavy atom. The van der Waals surface area contributed by atoms with E-state index in [1.807, 2.05) is 29.2 Å². The Balaban J connectivity index is 1.35. The van der Waals surface area contributed by atoms with Crippen molar-refractivity contribution >= 4 is 35.2 Å². The molecule has 2 fully saturated rings. The molecule has 5 nitrogen and oxygen atoms in total. The Morgan fingerprint density at radius 2 is 2.12 bits per heavy atom. The van der Waals surface area contributed by atoms with Crippen LogP contribution in [0.5, 0.6) is 0 Å². The number of aryl methyl sites for hydroxylation is 1. The van der Waals surface area contributed by atoms with E-state index in [9.17, 15) is 9.59 Å². The highest BCUT2D eigenvalue weighted by Crippen LogP contribution is 2.20. The molecule has 2 unspecified atom stereocenters. The maximum atomic E-state index is 12.4. The lowest BCUT2D eigenvalue weighted by atomic mass is 10.0. The summed E-state index contributed by atoms with van der Waals surface area (Å²) in [5.74, 6) is 2.43. The van der Waals surface area contributed by atoms with E-state index in [1.54, 1.807) is 11.8 Å². The van der Waals surface area contributed by atoms with Crippen LogP contribution in [0.1, 0.15) is 18.4 Å². The third kappa shape index (κ3) is 5.36. The van der Waals surface area contributed by atoms with Gasteiger partial charge in [0.1, 0.15) is 0 Å². The molecule has 136 valence electrons. The number of hydrogen-bond acceptors (Lipinski definition) is 4. The number of carbonyl (C=O) groups excluding carboxylic acids is 2. The number of halogens is 1. The van der Waals surface area contributed by atoms with Crippen molar-refractivity contribution in [3.8, 4) is 0 Å². The van der Waals surface area contributed by atoms with Gasteiger partial charge in [-0.05, 0) is 36.5 Å². The molecular formula is C18H24ClN3O2S. The van der Waals surface area contributed by atoms with E-state index in [-0.39, 0.29) is 17.9 Å². The summed E-state index contributed by atoms with van der Waals surface area (Å²) in [7, 11) is 0. The highest BCUT2D eigenvalue weighted by molar-refractivity contribution is 7.99. The van der Waals surface area contributed by atoms with Crippen molar-refractivity contribution in [3.63, 3.8) is 0 Å². The van der Waals surface area contributed by atoms with Gasteiger partial charge in [0.2, 0.25) is 11.8 Å². The van der Waals surface area contributed by atoms with Crippen molar-refractivity contribution in [2.75, 3.05) is 31.3 Å². The minimum absolute atomic E-state index is 0.0562. The third-order valence-electron chi connectivity index (χ3n) is 4.73. The van der Waals surface area contributed by atoms with E-state index in [4.69, 9.17) is 11.6 Å². The van der Waals surface area contributed by atoms with Gasteiger partial charge in [-0.15, -0.1) is 11.8 Å². The second-order valence-corrected chi connectivity index (χ2v) is 8.14. The molecule has 2 saturated heterocycles. The van der Waals surface area contributed by atoms with Gasteiger partial charge in [-0.25, -0.2) is 0 Å². The van der Waals surface area contributed by atoms with E-state index in [1.165, 1.54) is 0 Å². The van der Waals surface area contributed by atoms with Crippen LogP contribution in [0.4, 0.5) is 0 Å². The molecule has 1 aromatic carbocycles. The average molecular weight is 382 g/mol. The fourth-order valence-electron chi connectivity index (χ4n) is 3.22. The van der Waals surface area contributed by atoms with Gasteiger partial charge in [-0.2, -0.15) is 0 Å².